The molecular formula is C7H12N2O. The smallest absolute Gasteiger partial charge is 0.0950 e. The van der Waals surface area contributed by atoms with Crippen LogP contribution in [0.4, 0.5) is 0 Å². The topological polar surface area (TPSA) is 38.1 Å². The second-order valence-electron chi connectivity index (χ2n) is 2.51. The minimum absolute atomic E-state index is 0.458. The maximum absolute atomic E-state index is 9.09. The van der Waals surface area contributed by atoms with E-state index in [1.54, 1.807) is 11.6 Å². The predicted octanol–water partition coefficient (Wildman–Crippen LogP) is 0.782. The Hall–Kier alpha value is -0.830. The summed E-state index contributed by atoms with van der Waals surface area (Å²) in [6.45, 7) is 3.67. The standard InChI is InChI=1S/C7H12N2O/c1-5-4-7(6(2)10)8-9(5)3/h4,6,10H,1-3H3/t6-/m0/s1. The van der Waals surface area contributed by atoms with Crippen LogP contribution in [0.2, 0.25) is 0 Å². The third kappa shape index (κ3) is 1.19. The van der Waals surface area contributed by atoms with Gasteiger partial charge >= 0.3 is 0 Å². The molecule has 0 saturated carbocycles. The number of aliphatic hydroxyl groups excluding tert-OH is 1. The molecule has 1 rings (SSSR count). The van der Waals surface area contributed by atoms with Crippen molar-refractivity contribution in [3.05, 3.63) is 17.5 Å². The van der Waals surface area contributed by atoms with Gasteiger partial charge in [-0.2, -0.15) is 5.10 Å². The number of rotatable bonds is 1. The lowest BCUT2D eigenvalue weighted by Gasteiger charge is -1.95. The summed E-state index contributed by atoms with van der Waals surface area (Å²) in [5, 5.41) is 13.2. The Balaban J connectivity index is 2.98. The van der Waals surface area contributed by atoms with Gasteiger partial charge in [0.25, 0.3) is 0 Å². The zero-order chi connectivity index (χ0) is 7.72. The monoisotopic (exact) mass is 140 g/mol. The molecular weight excluding hydrogens is 128 g/mol. The van der Waals surface area contributed by atoms with Gasteiger partial charge in [0.05, 0.1) is 11.8 Å². The first-order valence-corrected chi connectivity index (χ1v) is 3.30. The molecule has 10 heavy (non-hydrogen) atoms. The van der Waals surface area contributed by atoms with E-state index < -0.39 is 6.10 Å². The lowest BCUT2D eigenvalue weighted by Crippen LogP contribution is -1.95. The van der Waals surface area contributed by atoms with Crippen molar-refractivity contribution in [3.8, 4) is 0 Å². The summed E-state index contributed by atoms with van der Waals surface area (Å²) in [4.78, 5) is 0. The van der Waals surface area contributed by atoms with Crippen LogP contribution in [0.15, 0.2) is 6.07 Å². The van der Waals surface area contributed by atoms with Crippen LogP contribution in [-0.2, 0) is 7.05 Å². The van der Waals surface area contributed by atoms with Gasteiger partial charge in [-0.25, -0.2) is 0 Å². The van der Waals surface area contributed by atoms with Crippen molar-refractivity contribution in [2.45, 2.75) is 20.0 Å². The minimum atomic E-state index is -0.458. The number of aryl methyl sites for hydroxylation is 2. The molecule has 0 aromatic carbocycles. The van der Waals surface area contributed by atoms with Crippen molar-refractivity contribution in [1.29, 1.82) is 0 Å². The molecule has 0 aliphatic carbocycles. The van der Waals surface area contributed by atoms with Crippen molar-refractivity contribution in [2.24, 2.45) is 7.05 Å². The van der Waals surface area contributed by atoms with Gasteiger partial charge in [0, 0.05) is 12.7 Å². The first kappa shape index (κ1) is 7.28. The van der Waals surface area contributed by atoms with E-state index in [1.807, 2.05) is 20.0 Å². The Morgan fingerprint density at radius 2 is 2.30 bits per heavy atom. The summed E-state index contributed by atoms with van der Waals surface area (Å²) < 4.78 is 1.75. The Morgan fingerprint density at radius 3 is 2.50 bits per heavy atom. The quantitative estimate of drug-likeness (QED) is 0.626. The number of nitrogens with zero attached hydrogens (tertiary/aromatic N) is 2. The van der Waals surface area contributed by atoms with Crippen molar-refractivity contribution in [1.82, 2.24) is 9.78 Å². The summed E-state index contributed by atoms with van der Waals surface area (Å²) in [5.41, 5.74) is 1.80. The average Bonchev–Trinajstić information content (AvgIpc) is 2.13. The zero-order valence-corrected chi connectivity index (χ0v) is 6.50. The average molecular weight is 140 g/mol. The van der Waals surface area contributed by atoms with Crippen LogP contribution in [0.25, 0.3) is 0 Å². The van der Waals surface area contributed by atoms with E-state index in [4.69, 9.17) is 5.11 Å². The van der Waals surface area contributed by atoms with Crippen molar-refractivity contribution >= 4 is 0 Å². The zero-order valence-electron chi connectivity index (χ0n) is 6.50. The van der Waals surface area contributed by atoms with E-state index in [-0.39, 0.29) is 0 Å². The highest BCUT2D eigenvalue weighted by atomic mass is 16.3. The molecule has 3 heteroatoms. The van der Waals surface area contributed by atoms with E-state index >= 15 is 0 Å². The van der Waals surface area contributed by atoms with Crippen LogP contribution < -0.4 is 0 Å². The molecule has 1 heterocycles. The maximum atomic E-state index is 9.09. The molecule has 0 radical (unpaired) electrons. The van der Waals surface area contributed by atoms with Gasteiger partial charge in [-0.05, 0) is 19.9 Å². The van der Waals surface area contributed by atoms with Gasteiger partial charge in [-0.3, -0.25) is 4.68 Å². The van der Waals surface area contributed by atoms with Gasteiger partial charge in [-0.1, -0.05) is 0 Å². The van der Waals surface area contributed by atoms with E-state index in [0.717, 1.165) is 11.4 Å². The largest absolute Gasteiger partial charge is 0.387 e. The molecule has 0 spiro atoms. The molecule has 1 N–H and O–H groups in total. The predicted molar refractivity (Wildman–Crippen MR) is 38.6 cm³/mol. The fourth-order valence-electron chi connectivity index (χ4n) is 0.793. The van der Waals surface area contributed by atoms with Crippen LogP contribution in [0, 0.1) is 6.92 Å². The van der Waals surface area contributed by atoms with Crippen LogP contribution in [-0.4, -0.2) is 14.9 Å². The molecule has 0 saturated heterocycles. The molecule has 1 atom stereocenters. The van der Waals surface area contributed by atoms with Crippen molar-refractivity contribution in [2.75, 3.05) is 0 Å². The van der Waals surface area contributed by atoms with E-state index in [9.17, 15) is 0 Å². The Kier molecular flexibility index (Phi) is 1.76. The number of hydrogen-bond acceptors (Lipinski definition) is 2. The summed E-state index contributed by atoms with van der Waals surface area (Å²) in [7, 11) is 1.86. The molecule has 0 unspecified atom stereocenters. The summed E-state index contributed by atoms with van der Waals surface area (Å²) in [6, 6.07) is 1.88. The Morgan fingerprint density at radius 1 is 1.70 bits per heavy atom. The molecule has 0 aliphatic rings. The second-order valence-corrected chi connectivity index (χ2v) is 2.51. The fourth-order valence-corrected chi connectivity index (χ4v) is 0.793. The molecule has 3 nitrogen and oxygen atoms in total. The molecule has 0 amide bonds. The normalized spacial score (nSPS) is 13.6. The van der Waals surface area contributed by atoms with Gasteiger partial charge < -0.3 is 5.11 Å². The van der Waals surface area contributed by atoms with Gasteiger partial charge in [0.1, 0.15) is 0 Å². The number of aromatic nitrogens is 2. The van der Waals surface area contributed by atoms with E-state index in [0.29, 0.717) is 0 Å². The molecule has 1 aromatic heterocycles. The first-order chi connectivity index (χ1) is 4.61. The fraction of sp³-hybridized carbons (Fsp3) is 0.571. The highest BCUT2D eigenvalue weighted by Gasteiger charge is 2.05. The maximum Gasteiger partial charge on any atom is 0.0950 e. The first-order valence-electron chi connectivity index (χ1n) is 3.30. The highest BCUT2D eigenvalue weighted by Crippen LogP contribution is 2.09. The van der Waals surface area contributed by atoms with Crippen LogP contribution >= 0.6 is 0 Å². The van der Waals surface area contributed by atoms with Crippen LogP contribution in [0.3, 0.4) is 0 Å². The molecule has 56 valence electrons. The molecule has 0 bridgehead atoms. The SMILES string of the molecule is Cc1cc([C@H](C)O)nn1C. The summed E-state index contributed by atoms with van der Waals surface area (Å²) >= 11 is 0. The van der Waals surface area contributed by atoms with Crippen molar-refractivity contribution < 1.29 is 5.11 Å². The third-order valence-corrected chi connectivity index (χ3v) is 1.56. The summed E-state index contributed by atoms with van der Waals surface area (Å²) in [5.74, 6) is 0. The van der Waals surface area contributed by atoms with Crippen molar-refractivity contribution in [3.63, 3.8) is 0 Å². The third-order valence-electron chi connectivity index (χ3n) is 1.56. The molecule has 1 aromatic rings. The van der Waals surface area contributed by atoms with Gasteiger partial charge in [0.15, 0.2) is 0 Å². The highest BCUT2D eigenvalue weighted by molar-refractivity contribution is 5.09. The van der Waals surface area contributed by atoms with Crippen LogP contribution in [0.5, 0.6) is 0 Å². The minimum Gasteiger partial charge on any atom is -0.387 e. The van der Waals surface area contributed by atoms with Gasteiger partial charge in [-0.15, -0.1) is 0 Å². The second kappa shape index (κ2) is 2.42. The lowest BCUT2D eigenvalue weighted by molar-refractivity contribution is 0.193. The Labute approximate surface area is 60.3 Å². The van der Waals surface area contributed by atoms with Gasteiger partial charge in [0.2, 0.25) is 0 Å². The summed E-state index contributed by atoms with van der Waals surface area (Å²) in [6.07, 6.45) is -0.458. The van der Waals surface area contributed by atoms with Crippen LogP contribution in [0.1, 0.15) is 24.4 Å². The molecule has 0 fully saturated rings. The Bertz CT molecular complexity index is 208. The van der Waals surface area contributed by atoms with E-state index in [1.165, 1.54) is 0 Å². The molecule has 0 aliphatic heterocycles. The number of hydrogen-bond donors (Lipinski definition) is 1. The van der Waals surface area contributed by atoms with E-state index in [2.05, 4.69) is 5.10 Å². The lowest BCUT2D eigenvalue weighted by atomic mass is 10.3. The number of aliphatic hydroxyl groups is 1.